The van der Waals surface area contributed by atoms with Crippen molar-refractivity contribution in [3.63, 3.8) is 0 Å². The van der Waals surface area contributed by atoms with Gasteiger partial charge in [-0.1, -0.05) is 18.2 Å². The summed E-state index contributed by atoms with van der Waals surface area (Å²) in [6.45, 7) is 7.71. The van der Waals surface area contributed by atoms with Crippen LogP contribution in [0.1, 0.15) is 32.6 Å². The average Bonchev–Trinajstić information content (AvgIpc) is 2.66. The van der Waals surface area contributed by atoms with Gasteiger partial charge in [0.05, 0.1) is 15.3 Å². The molecule has 0 aliphatic rings. The van der Waals surface area contributed by atoms with Gasteiger partial charge >= 0.3 is 0 Å². The van der Waals surface area contributed by atoms with E-state index in [0.717, 1.165) is 15.1 Å². The Kier molecular flexibility index (Phi) is 4.28. The largest absolute Gasteiger partial charge is 0.234 e. The van der Waals surface area contributed by atoms with E-state index >= 15 is 0 Å². The van der Waals surface area contributed by atoms with Crippen molar-refractivity contribution in [3.05, 3.63) is 33.6 Å². The van der Waals surface area contributed by atoms with Crippen LogP contribution in [0.3, 0.4) is 0 Å². The van der Waals surface area contributed by atoms with Crippen molar-refractivity contribution in [2.45, 2.75) is 32.4 Å². The molecule has 0 amide bonds. The van der Waals surface area contributed by atoms with Crippen LogP contribution in [0.15, 0.2) is 33.1 Å². The van der Waals surface area contributed by atoms with E-state index in [9.17, 15) is 4.21 Å². The van der Waals surface area contributed by atoms with Crippen molar-refractivity contribution in [3.8, 4) is 0 Å². The van der Waals surface area contributed by atoms with Crippen LogP contribution >= 0.6 is 27.3 Å². The maximum atomic E-state index is 12.1. The summed E-state index contributed by atoms with van der Waals surface area (Å²) in [5, 5.41) is 1.18. The summed E-state index contributed by atoms with van der Waals surface area (Å²) in [5.41, 5.74) is 0.821. The number of benzene rings is 1. The van der Waals surface area contributed by atoms with E-state index in [2.05, 4.69) is 32.5 Å². The van der Waals surface area contributed by atoms with E-state index in [0.29, 0.717) is 0 Å². The predicted molar refractivity (Wildman–Crippen MR) is 89.6 cm³/mol. The number of halogens is 1. The van der Waals surface area contributed by atoms with Crippen molar-refractivity contribution >= 4 is 54.1 Å². The summed E-state index contributed by atoms with van der Waals surface area (Å²) in [4.78, 5) is 1.05. The Hall–Kier alpha value is -0.520. The summed E-state index contributed by atoms with van der Waals surface area (Å²) in [7, 11) is -1.22. The lowest BCUT2D eigenvalue weighted by Gasteiger charge is -2.13. The Labute approximate surface area is 128 Å². The van der Waals surface area contributed by atoms with Crippen LogP contribution < -0.4 is 0 Å². The van der Waals surface area contributed by atoms with Gasteiger partial charge in [-0.2, -0.15) is 4.40 Å². The molecule has 1 atom stereocenters. The van der Waals surface area contributed by atoms with Crippen LogP contribution in [-0.4, -0.2) is 14.7 Å². The van der Waals surface area contributed by atoms with Gasteiger partial charge in [0.15, 0.2) is 0 Å². The fourth-order valence-corrected chi connectivity index (χ4v) is 4.27. The maximum Gasteiger partial charge on any atom is 0.145 e. The Balaban J connectivity index is 2.48. The fraction of sp³-hybridized carbons (Fsp3) is 0.357. The van der Waals surface area contributed by atoms with E-state index in [1.165, 1.54) is 10.1 Å². The first-order chi connectivity index (χ1) is 8.80. The summed E-state index contributed by atoms with van der Waals surface area (Å²) in [6, 6.07) is 8.20. The molecule has 1 aromatic heterocycles. The molecule has 102 valence electrons. The van der Waals surface area contributed by atoms with Crippen molar-refractivity contribution in [2.24, 2.45) is 4.40 Å². The lowest BCUT2D eigenvalue weighted by molar-refractivity contribution is 0.650. The van der Waals surface area contributed by atoms with Gasteiger partial charge in [0.2, 0.25) is 0 Å². The molecule has 0 fully saturated rings. The highest BCUT2D eigenvalue weighted by atomic mass is 79.9. The molecular formula is C14H16BrNOS2. The first kappa shape index (κ1) is 14.9. The molecule has 1 unspecified atom stereocenters. The molecule has 0 aliphatic heterocycles. The highest BCUT2D eigenvalue weighted by Crippen LogP contribution is 2.36. The Bertz CT molecular complexity index is 668. The number of nitrogens with zero attached hydrogens (tertiary/aromatic N) is 1. The highest BCUT2D eigenvalue weighted by molar-refractivity contribution is 9.10. The van der Waals surface area contributed by atoms with Gasteiger partial charge in [0.1, 0.15) is 11.0 Å². The number of hydrogen-bond acceptors (Lipinski definition) is 2. The second-order valence-electron chi connectivity index (χ2n) is 5.28. The van der Waals surface area contributed by atoms with Crippen molar-refractivity contribution in [1.82, 2.24) is 0 Å². The summed E-state index contributed by atoms with van der Waals surface area (Å²) in [6.07, 6.45) is 0. The number of thiophene rings is 1. The third-order valence-electron chi connectivity index (χ3n) is 2.61. The molecule has 0 N–H and O–H groups in total. The number of rotatable bonds is 2. The van der Waals surface area contributed by atoms with E-state index in [1.807, 2.05) is 39.8 Å². The number of hydrogen-bond donors (Lipinski definition) is 0. The quantitative estimate of drug-likeness (QED) is 0.700. The van der Waals surface area contributed by atoms with Gasteiger partial charge in [0, 0.05) is 14.6 Å². The third kappa shape index (κ3) is 3.15. The lowest BCUT2D eigenvalue weighted by atomic mass is 10.2. The molecule has 0 aliphatic carbocycles. The summed E-state index contributed by atoms with van der Waals surface area (Å²) in [5.74, 6) is 0. The first-order valence-electron chi connectivity index (χ1n) is 5.95. The standard InChI is InChI=1S/C14H16BrNOS2/c1-9(16-19(17)14(2,3)4)13-12(15)10-7-5-6-8-11(10)18-13/h5-8H,1-4H3. The highest BCUT2D eigenvalue weighted by Gasteiger charge is 2.20. The molecule has 19 heavy (non-hydrogen) atoms. The minimum absolute atomic E-state index is 0.329. The monoisotopic (exact) mass is 357 g/mol. The van der Waals surface area contributed by atoms with E-state index < -0.39 is 11.0 Å². The molecule has 0 bridgehead atoms. The van der Waals surface area contributed by atoms with Gasteiger partial charge in [-0.05, 0) is 49.7 Å². The van der Waals surface area contributed by atoms with Gasteiger partial charge in [-0.3, -0.25) is 0 Å². The predicted octanol–water partition coefficient (Wildman–Crippen LogP) is 4.94. The van der Waals surface area contributed by atoms with Crippen LogP contribution in [0.5, 0.6) is 0 Å². The third-order valence-corrected chi connectivity index (χ3v) is 6.46. The second kappa shape index (κ2) is 5.46. The Morgan fingerprint density at radius 1 is 1.32 bits per heavy atom. The fourth-order valence-electron chi connectivity index (χ4n) is 1.55. The van der Waals surface area contributed by atoms with Crippen molar-refractivity contribution in [2.75, 3.05) is 0 Å². The smallest absolute Gasteiger partial charge is 0.145 e. The minimum Gasteiger partial charge on any atom is -0.234 e. The molecule has 2 rings (SSSR count). The first-order valence-corrected chi connectivity index (χ1v) is 8.67. The van der Waals surface area contributed by atoms with E-state index in [4.69, 9.17) is 0 Å². The van der Waals surface area contributed by atoms with Crippen LogP contribution in [0.4, 0.5) is 0 Å². The molecule has 2 nitrogen and oxygen atoms in total. The van der Waals surface area contributed by atoms with Gasteiger partial charge < -0.3 is 0 Å². The maximum absolute atomic E-state index is 12.1. The van der Waals surface area contributed by atoms with Gasteiger partial charge in [-0.25, -0.2) is 4.21 Å². The molecule has 2 aromatic rings. The normalized spacial score (nSPS) is 14.9. The zero-order valence-corrected chi connectivity index (χ0v) is 14.6. The van der Waals surface area contributed by atoms with E-state index in [-0.39, 0.29) is 4.75 Å². The molecule has 0 saturated heterocycles. The van der Waals surface area contributed by atoms with Crippen molar-refractivity contribution in [1.29, 1.82) is 0 Å². The molecule has 0 saturated carbocycles. The molecule has 0 radical (unpaired) electrons. The Morgan fingerprint density at radius 3 is 2.53 bits per heavy atom. The zero-order chi connectivity index (χ0) is 14.2. The van der Waals surface area contributed by atoms with Crippen LogP contribution in [-0.2, 0) is 11.0 Å². The average molecular weight is 358 g/mol. The molecule has 1 heterocycles. The zero-order valence-electron chi connectivity index (χ0n) is 11.4. The van der Waals surface area contributed by atoms with Gasteiger partial charge in [-0.15, -0.1) is 11.3 Å². The van der Waals surface area contributed by atoms with Crippen LogP contribution in [0.25, 0.3) is 10.1 Å². The van der Waals surface area contributed by atoms with Gasteiger partial charge in [0.25, 0.3) is 0 Å². The molecular weight excluding hydrogens is 342 g/mol. The van der Waals surface area contributed by atoms with Crippen LogP contribution in [0.2, 0.25) is 0 Å². The second-order valence-corrected chi connectivity index (χ2v) is 9.03. The minimum atomic E-state index is -1.22. The topological polar surface area (TPSA) is 29.4 Å². The molecule has 1 aromatic carbocycles. The Morgan fingerprint density at radius 2 is 1.95 bits per heavy atom. The molecule has 5 heteroatoms. The van der Waals surface area contributed by atoms with E-state index in [1.54, 1.807) is 11.3 Å². The van der Waals surface area contributed by atoms with Crippen LogP contribution in [0, 0.1) is 0 Å². The lowest BCUT2D eigenvalue weighted by Crippen LogP contribution is -2.20. The summed E-state index contributed by atoms with van der Waals surface area (Å²) < 4.78 is 18.4. The summed E-state index contributed by atoms with van der Waals surface area (Å²) >= 11 is 5.30. The molecule has 0 spiro atoms. The van der Waals surface area contributed by atoms with Crippen molar-refractivity contribution < 1.29 is 4.21 Å². The number of fused-ring (bicyclic) bond motifs is 1. The SMILES string of the molecule is CC(=NS(=O)C(C)(C)C)c1sc2ccccc2c1Br.